The van der Waals surface area contributed by atoms with E-state index < -0.39 is 0 Å². The van der Waals surface area contributed by atoms with Gasteiger partial charge in [-0.3, -0.25) is 0 Å². The van der Waals surface area contributed by atoms with Crippen molar-refractivity contribution in [1.29, 1.82) is 0 Å². The van der Waals surface area contributed by atoms with Crippen molar-refractivity contribution in [3.8, 4) is 0 Å². The van der Waals surface area contributed by atoms with Crippen LogP contribution >= 0.6 is 15.9 Å². The Hall–Kier alpha value is -1.70. The van der Waals surface area contributed by atoms with E-state index in [0.29, 0.717) is 6.04 Å². The van der Waals surface area contributed by atoms with Crippen LogP contribution in [0.5, 0.6) is 0 Å². The van der Waals surface area contributed by atoms with Crippen LogP contribution in [0.15, 0.2) is 41.0 Å². The minimum Gasteiger partial charge on any atom is -0.378 e. The third kappa shape index (κ3) is 5.43. The van der Waals surface area contributed by atoms with Gasteiger partial charge in [-0.15, -0.1) is 0 Å². The van der Waals surface area contributed by atoms with Crippen molar-refractivity contribution in [3.05, 3.63) is 46.6 Å². The number of anilines is 2. The molecule has 0 saturated carbocycles. The van der Waals surface area contributed by atoms with Crippen LogP contribution in [0.2, 0.25) is 0 Å². The molecule has 2 aliphatic rings. The van der Waals surface area contributed by atoms with Gasteiger partial charge in [0, 0.05) is 42.9 Å². The van der Waals surface area contributed by atoms with Crippen LogP contribution in [0.25, 0.3) is 0 Å². The number of halogens is 1. The second-order valence-corrected chi connectivity index (χ2v) is 8.42. The summed E-state index contributed by atoms with van der Waals surface area (Å²) in [6, 6.07) is 11.1. The smallest absolute Gasteiger partial charge is 0.227 e. The molecule has 3 heterocycles. The van der Waals surface area contributed by atoms with Crippen molar-refractivity contribution >= 4 is 27.7 Å². The second-order valence-electron chi connectivity index (χ2n) is 7.50. The molecule has 6 nitrogen and oxygen atoms in total. The number of ether oxygens (including phenoxy) is 1. The van der Waals surface area contributed by atoms with Gasteiger partial charge in [-0.25, -0.2) is 4.98 Å². The van der Waals surface area contributed by atoms with Gasteiger partial charge in [0.2, 0.25) is 5.95 Å². The molecule has 1 N–H and O–H groups in total. The third-order valence-corrected chi connectivity index (χ3v) is 5.95. The number of morpholine rings is 1. The molecule has 0 radical (unpaired) electrons. The molecule has 2 saturated heterocycles. The number of piperidine rings is 1. The van der Waals surface area contributed by atoms with Crippen LogP contribution in [0.1, 0.15) is 18.4 Å². The summed E-state index contributed by atoms with van der Waals surface area (Å²) in [6.45, 7) is 6.55. The van der Waals surface area contributed by atoms with E-state index in [4.69, 9.17) is 9.72 Å². The minimum absolute atomic E-state index is 0.436. The van der Waals surface area contributed by atoms with Crippen LogP contribution in [-0.2, 0) is 11.2 Å². The van der Waals surface area contributed by atoms with Gasteiger partial charge < -0.3 is 19.9 Å². The largest absolute Gasteiger partial charge is 0.378 e. The van der Waals surface area contributed by atoms with Crippen molar-refractivity contribution in [2.75, 3.05) is 56.2 Å². The first-order valence-electron chi connectivity index (χ1n) is 10.2. The van der Waals surface area contributed by atoms with Crippen molar-refractivity contribution in [1.82, 2.24) is 14.9 Å². The van der Waals surface area contributed by atoms with Gasteiger partial charge >= 0.3 is 0 Å². The third-order valence-electron chi connectivity index (χ3n) is 5.42. The highest BCUT2D eigenvalue weighted by Gasteiger charge is 2.20. The Kier molecular flexibility index (Phi) is 6.77. The lowest BCUT2D eigenvalue weighted by molar-refractivity contribution is 0.122. The molecule has 0 spiro atoms. The average molecular weight is 446 g/mol. The molecular weight excluding hydrogens is 418 g/mol. The molecule has 1 atom stereocenters. The number of benzene rings is 1. The first-order valence-corrected chi connectivity index (χ1v) is 10.9. The fourth-order valence-corrected chi connectivity index (χ4v) is 4.13. The van der Waals surface area contributed by atoms with Crippen molar-refractivity contribution in [2.45, 2.75) is 25.3 Å². The summed E-state index contributed by atoms with van der Waals surface area (Å²) in [7, 11) is 0. The Labute approximate surface area is 175 Å². The monoisotopic (exact) mass is 445 g/mol. The quantitative estimate of drug-likeness (QED) is 0.736. The summed E-state index contributed by atoms with van der Waals surface area (Å²) in [5.41, 5.74) is 1.39. The predicted octanol–water partition coefficient (Wildman–Crippen LogP) is 3.19. The standard InChI is InChI=1S/C21H28BrN5O/c22-18-5-3-17(4-6-18)8-11-26-10-1-2-19(16-26)24-20-7-9-23-21(25-20)27-12-14-28-15-13-27/h3-7,9,19H,1-2,8,10-16H2,(H,23,24,25). The number of rotatable bonds is 6. The number of hydrogen-bond donors (Lipinski definition) is 1. The molecule has 4 rings (SSSR count). The lowest BCUT2D eigenvalue weighted by atomic mass is 10.0. The van der Waals surface area contributed by atoms with Crippen molar-refractivity contribution in [2.24, 2.45) is 0 Å². The molecular formula is C21H28BrN5O. The summed E-state index contributed by atoms with van der Waals surface area (Å²) in [6.07, 6.45) is 5.36. The van der Waals surface area contributed by atoms with Crippen LogP contribution in [-0.4, -0.2) is 66.8 Å². The molecule has 0 amide bonds. The molecule has 150 valence electrons. The van der Waals surface area contributed by atoms with E-state index in [1.807, 2.05) is 12.3 Å². The first-order chi connectivity index (χ1) is 13.8. The van der Waals surface area contributed by atoms with Gasteiger partial charge in [0.1, 0.15) is 5.82 Å². The zero-order valence-electron chi connectivity index (χ0n) is 16.2. The summed E-state index contributed by atoms with van der Waals surface area (Å²) in [5, 5.41) is 3.64. The fraction of sp³-hybridized carbons (Fsp3) is 0.524. The van der Waals surface area contributed by atoms with E-state index in [2.05, 4.69) is 60.3 Å². The van der Waals surface area contributed by atoms with E-state index >= 15 is 0 Å². The summed E-state index contributed by atoms with van der Waals surface area (Å²) in [5.74, 6) is 1.73. The molecule has 1 unspecified atom stereocenters. The topological polar surface area (TPSA) is 53.5 Å². The van der Waals surface area contributed by atoms with Crippen LogP contribution in [0, 0.1) is 0 Å². The van der Waals surface area contributed by atoms with E-state index in [0.717, 1.165) is 62.1 Å². The van der Waals surface area contributed by atoms with Gasteiger partial charge in [0.05, 0.1) is 13.2 Å². The summed E-state index contributed by atoms with van der Waals surface area (Å²) < 4.78 is 6.56. The minimum atomic E-state index is 0.436. The van der Waals surface area contributed by atoms with E-state index in [1.54, 1.807) is 0 Å². The Morgan fingerprint density at radius 1 is 1.11 bits per heavy atom. The van der Waals surface area contributed by atoms with Gasteiger partial charge in [0.25, 0.3) is 0 Å². The molecule has 2 aliphatic heterocycles. The van der Waals surface area contributed by atoms with Gasteiger partial charge in [0.15, 0.2) is 0 Å². The Morgan fingerprint density at radius 3 is 2.75 bits per heavy atom. The first kappa shape index (κ1) is 19.6. The maximum atomic E-state index is 5.42. The van der Waals surface area contributed by atoms with Gasteiger partial charge in [-0.05, 0) is 49.6 Å². The molecule has 1 aromatic carbocycles. The number of aromatic nitrogens is 2. The highest BCUT2D eigenvalue weighted by atomic mass is 79.9. The maximum Gasteiger partial charge on any atom is 0.227 e. The summed E-state index contributed by atoms with van der Waals surface area (Å²) in [4.78, 5) is 13.9. The SMILES string of the molecule is Brc1ccc(CCN2CCCC(Nc3ccnc(N4CCOCC4)n3)C2)cc1. The average Bonchev–Trinajstić information content (AvgIpc) is 2.74. The van der Waals surface area contributed by atoms with Gasteiger partial charge in [-0.1, -0.05) is 28.1 Å². The van der Waals surface area contributed by atoms with E-state index in [9.17, 15) is 0 Å². The van der Waals surface area contributed by atoms with Crippen molar-refractivity contribution in [3.63, 3.8) is 0 Å². The zero-order chi connectivity index (χ0) is 19.2. The fourth-order valence-electron chi connectivity index (χ4n) is 3.87. The summed E-state index contributed by atoms with van der Waals surface area (Å²) >= 11 is 3.50. The van der Waals surface area contributed by atoms with Crippen LogP contribution in [0.3, 0.4) is 0 Å². The molecule has 7 heteroatoms. The number of nitrogens with zero attached hydrogens (tertiary/aromatic N) is 4. The highest BCUT2D eigenvalue weighted by molar-refractivity contribution is 9.10. The highest BCUT2D eigenvalue weighted by Crippen LogP contribution is 2.18. The lowest BCUT2D eigenvalue weighted by Gasteiger charge is -2.33. The number of nitrogens with one attached hydrogen (secondary N) is 1. The molecule has 0 bridgehead atoms. The normalized spacial score (nSPS) is 20.9. The lowest BCUT2D eigenvalue weighted by Crippen LogP contribution is -2.43. The molecule has 28 heavy (non-hydrogen) atoms. The Bertz CT molecular complexity index is 751. The predicted molar refractivity (Wildman–Crippen MR) is 116 cm³/mol. The van der Waals surface area contributed by atoms with Crippen molar-refractivity contribution < 1.29 is 4.74 Å². The zero-order valence-corrected chi connectivity index (χ0v) is 17.8. The van der Waals surface area contributed by atoms with E-state index in [1.165, 1.54) is 24.9 Å². The molecule has 1 aromatic heterocycles. The Morgan fingerprint density at radius 2 is 1.93 bits per heavy atom. The molecule has 2 fully saturated rings. The van der Waals surface area contributed by atoms with Crippen LogP contribution < -0.4 is 10.2 Å². The van der Waals surface area contributed by atoms with Gasteiger partial charge in [-0.2, -0.15) is 4.98 Å². The number of likely N-dealkylation sites (tertiary alicyclic amines) is 1. The van der Waals surface area contributed by atoms with Crippen LogP contribution in [0.4, 0.5) is 11.8 Å². The molecule has 0 aliphatic carbocycles. The Balaban J connectivity index is 1.30. The van der Waals surface area contributed by atoms with E-state index in [-0.39, 0.29) is 0 Å². The maximum absolute atomic E-state index is 5.42. The number of hydrogen-bond acceptors (Lipinski definition) is 6. The molecule has 2 aromatic rings. The second kappa shape index (κ2) is 9.67.